The molecule has 50 heavy (non-hydrogen) atoms. The normalized spacial score (nSPS) is 12.0. The molecule has 3 heterocycles. The summed E-state index contributed by atoms with van der Waals surface area (Å²) in [6.07, 6.45) is 0. The lowest BCUT2D eigenvalue weighted by atomic mass is 10.0. The maximum absolute atomic E-state index is 2.43. The summed E-state index contributed by atoms with van der Waals surface area (Å²) in [4.78, 5) is 2.43. The summed E-state index contributed by atoms with van der Waals surface area (Å²) < 4.78 is 7.99. The van der Waals surface area contributed by atoms with Crippen molar-refractivity contribution in [2.75, 3.05) is 4.90 Å². The van der Waals surface area contributed by atoms with Crippen LogP contribution in [0.2, 0.25) is 0 Å². The second kappa shape index (κ2) is 11.0. The molecular formula is C46H27NS3. The summed E-state index contributed by atoms with van der Waals surface area (Å²) in [5.41, 5.74) is 5.90. The number of fused-ring (bicyclic) bond motifs is 12. The molecule has 0 fully saturated rings. The Morgan fingerprint density at radius 3 is 1.78 bits per heavy atom. The molecule has 4 heteroatoms. The fraction of sp³-hybridized carbons (Fsp3) is 0. The van der Waals surface area contributed by atoms with E-state index in [9.17, 15) is 0 Å². The second-order valence-corrected chi connectivity index (χ2v) is 16.1. The number of anilines is 3. The quantitative estimate of drug-likeness (QED) is 0.178. The molecule has 234 valence electrons. The molecule has 0 atom stereocenters. The van der Waals surface area contributed by atoms with Crippen molar-refractivity contribution in [1.29, 1.82) is 0 Å². The summed E-state index contributed by atoms with van der Waals surface area (Å²) in [6, 6.07) is 60.5. The van der Waals surface area contributed by atoms with Crippen LogP contribution in [-0.4, -0.2) is 0 Å². The average molecular weight is 690 g/mol. The van der Waals surface area contributed by atoms with Gasteiger partial charge in [0.25, 0.3) is 0 Å². The Hall–Kier alpha value is -5.52. The van der Waals surface area contributed by atoms with E-state index < -0.39 is 0 Å². The minimum absolute atomic E-state index is 1.14. The van der Waals surface area contributed by atoms with E-state index >= 15 is 0 Å². The monoisotopic (exact) mass is 689 g/mol. The number of hydrogen-bond acceptors (Lipinski definition) is 4. The van der Waals surface area contributed by atoms with Gasteiger partial charge in [-0.2, -0.15) is 0 Å². The first-order chi connectivity index (χ1) is 24.8. The Kier molecular flexibility index (Phi) is 6.23. The van der Waals surface area contributed by atoms with Gasteiger partial charge in [-0.05, 0) is 82.6 Å². The van der Waals surface area contributed by atoms with Gasteiger partial charge in [-0.25, -0.2) is 0 Å². The number of thiophene rings is 3. The maximum atomic E-state index is 2.43. The van der Waals surface area contributed by atoms with E-state index in [0.29, 0.717) is 0 Å². The Labute approximate surface area is 300 Å². The van der Waals surface area contributed by atoms with E-state index in [0.717, 1.165) is 17.1 Å². The van der Waals surface area contributed by atoms with Crippen LogP contribution in [0.5, 0.6) is 0 Å². The molecule has 0 spiro atoms. The van der Waals surface area contributed by atoms with Gasteiger partial charge in [0.2, 0.25) is 0 Å². The van der Waals surface area contributed by atoms with Crippen LogP contribution in [0, 0.1) is 0 Å². The van der Waals surface area contributed by atoms with Crippen LogP contribution < -0.4 is 4.90 Å². The van der Waals surface area contributed by atoms with Crippen molar-refractivity contribution >= 4 is 122 Å². The summed E-state index contributed by atoms with van der Waals surface area (Å²) in [5, 5.41) is 10.7. The summed E-state index contributed by atoms with van der Waals surface area (Å²) in [6.45, 7) is 0. The predicted octanol–water partition coefficient (Wildman–Crippen LogP) is 15.1. The van der Waals surface area contributed by atoms with E-state index in [2.05, 4.69) is 169 Å². The van der Waals surface area contributed by atoms with Crippen LogP contribution in [0.25, 0.3) is 82.4 Å². The SMILES string of the molecule is c1ccc(-c2ccc(N(c3ccc4c(c3)sc3ccccc34)c3ccc4sc5ccc6sc7c8ccccc8ccc7c6c5c4c3)cc2)cc1. The van der Waals surface area contributed by atoms with E-state index in [4.69, 9.17) is 0 Å². The molecule has 0 aliphatic carbocycles. The van der Waals surface area contributed by atoms with E-state index in [1.54, 1.807) is 0 Å². The lowest BCUT2D eigenvalue weighted by Gasteiger charge is -2.26. The Morgan fingerprint density at radius 1 is 0.320 bits per heavy atom. The molecule has 8 aromatic carbocycles. The largest absolute Gasteiger partial charge is 0.310 e. The van der Waals surface area contributed by atoms with Gasteiger partial charge in [-0.15, -0.1) is 34.0 Å². The highest BCUT2D eigenvalue weighted by Gasteiger charge is 2.19. The Bertz CT molecular complexity index is 3090. The minimum atomic E-state index is 1.14. The first-order valence-electron chi connectivity index (χ1n) is 16.8. The molecule has 0 aliphatic heterocycles. The molecule has 0 amide bonds. The van der Waals surface area contributed by atoms with Crippen molar-refractivity contribution in [1.82, 2.24) is 0 Å². The van der Waals surface area contributed by atoms with Gasteiger partial charge in [0.1, 0.15) is 0 Å². The van der Waals surface area contributed by atoms with Crippen LogP contribution in [-0.2, 0) is 0 Å². The molecule has 11 aromatic rings. The number of nitrogens with zero attached hydrogens (tertiary/aromatic N) is 1. The topological polar surface area (TPSA) is 3.24 Å². The molecule has 3 aromatic heterocycles. The van der Waals surface area contributed by atoms with Crippen LogP contribution >= 0.6 is 34.0 Å². The predicted molar refractivity (Wildman–Crippen MR) is 223 cm³/mol. The van der Waals surface area contributed by atoms with Gasteiger partial charge < -0.3 is 4.90 Å². The molecule has 0 unspecified atom stereocenters. The molecule has 0 saturated carbocycles. The van der Waals surface area contributed by atoms with Gasteiger partial charge >= 0.3 is 0 Å². The zero-order valence-electron chi connectivity index (χ0n) is 26.8. The Balaban J connectivity index is 1.15. The van der Waals surface area contributed by atoms with Gasteiger partial charge in [0, 0.05) is 77.6 Å². The summed E-state index contributed by atoms with van der Waals surface area (Å²) in [7, 11) is 0. The third-order valence-electron chi connectivity index (χ3n) is 10.1. The molecule has 0 saturated heterocycles. The van der Waals surface area contributed by atoms with Gasteiger partial charge in [-0.3, -0.25) is 0 Å². The smallest absolute Gasteiger partial charge is 0.0476 e. The summed E-state index contributed by atoms with van der Waals surface area (Å²) >= 11 is 5.68. The minimum Gasteiger partial charge on any atom is -0.310 e. The molecule has 0 N–H and O–H groups in total. The van der Waals surface area contributed by atoms with Crippen LogP contribution in [0.15, 0.2) is 164 Å². The van der Waals surface area contributed by atoms with Crippen molar-refractivity contribution in [2.24, 2.45) is 0 Å². The highest BCUT2D eigenvalue weighted by atomic mass is 32.1. The van der Waals surface area contributed by atoms with Gasteiger partial charge in [0.15, 0.2) is 0 Å². The molecule has 1 nitrogen and oxygen atoms in total. The third-order valence-corrected chi connectivity index (χ3v) is 13.5. The van der Waals surface area contributed by atoms with Gasteiger partial charge in [0.05, 0.1) is 0 Å². The van der Waals surface area contributed by atoms with Crippen LogP contribution in [0.1, 0.15) is 0 Å². The van der Waals surface area contributed by atoms with Crippen molar-refractivity contribution in [2.45, 2.75) is 0 Å². The van der Waals surface area contributed by atoms with Crippen molar-refractivity contribution in [3.8, 4) is 11.1 Å². The number of rotatable bonds is 4. The first kappa shape index (κ1) is 28.3. The van der Waals surface area contributed by atoms with Crippen LogP contribution in [0.4, 0.5) is 17.1 Å². The van der Waals surface area contributed by atoms with E-state index in [-0.39, 0.29) is 0 Å². The van der Waals surface area contributed by atoms with Crippen LogP contribution in [0.3, 0.4) is 0 Å². The fourth-order valence-electron chi connectivity index (χ4n) is 7.72. The van der Waals surface area contributed by atoms with Gasteiger partial charge in [-0.1, -0.05) is 103 Å². The van der Waals surface area contributed by atoms with E-state index in [1.807, 2.05) is 34.0 Å². The Morgan fingerprint density at radius 2 is 0.900 bits per heavy atom. The zero-order chi connectivity index (χ0) is 32.8. The summed E-state index contributed by atoms with van der Waals surface area (Å²) in [5.74, 6) is 0. The highest BCUT2D eigenvalue weighted by Crippen LogP contribution is 2.48. The standard InChI is InChI=1S/C46H27NS3/c1-2-8-28(9-3-1)29-14-17-31(18-15-29)47(33-19-22-36-35-12-6-7-13-39(35)49-43(36)27-33)32-20-23-40-38(26-32)45-41(48-40)24-25-42-44(45)37-21-16-30-10-4-5-11-34(30)46(37)50-42/h1-27H. The average Bonchev–Trinajstić information content (AvgIpc) is 3.86. The zero-order valence-corrected chi connectivity index (χ0v) is 29.2. The molecular weight excluding hydrogens is 663 g/mol. The number of benzene rings is 8. The van der Waals surface area contributed by atoms with Crippen molar-refractivity contribution in [3.63, 3.8) is 0 Å². The highest BCUT2D eigenvalue weighted by molar-refractivity contribution is 7.28. The third kappa shape index (κ3) is 4.29. The van der Waals surface area contributed by atoms with E-state index in [1.165, 1.54) is 82.4 Å². The second-order valence-electron chi connectivity index (χ2n) is 12.9. The molecule has 0 bridgehead atoms. The maximum Gasteiger partial charge on any atom is 0.0476 e. The lowest BCUT2D eigenvalue weighted by Crippen LogP contribution is -2.09. The lowest BCUT2D eigenvalue weighted by molar-refractivity contribution is 1.30. The molecule has 0 aliphatic rings. The van der Waals surface area contributed by atoms with Crippen molar-refractivity contribution < 1.29 is 0 Å². The molecule has 11 rings (SSSR count). The molecule has 0 radical (unpaired) electrons. The first-order valence-corrected chi connectivity index (χ1v) is 19.3. The fourth-order valence-corrected chi connectivity index (χ4v) is 11.2. The number of hydrogen-bond donors (Lipinski definition) is 0. The van der Waals surface area contributed by atoms with Crippen molar-refractivity contribution in [3.05, 3.63) is 164 Å².